The van der Waals surface area contributed by atoms with E-state index in [9.17, 15) is 10.1 Å². The van der Waals surface area contributed by atoms with Gasteiger partial charge in [0.15, 0.2) is 0 Å². The predicted octanol–water partition coefficient (Wildman–Crippen LogP) is 3.76. The first-order chi connectivity index (χ1) is 7.47. The van der Waals surface area contributed by atoms with E-state index >= 15 is 0 Å². The van der Waals surface area contributed by atoms with E-state index in [1.165, 1.54) is 12.3 Å². The van der Waals surface area contributed by atoms with Crippen molar-refractivity contribution in [3.05, 3.63) is 33.1 Å². The molecule has 0 aliphatic rings. The van der Waals surface area contributed by atoms with Gasteiger partial charge in [-0.2, -0.15) is 0 Å². The Kier molecular flexibility index (Phi) is 4.50. The van der Waals surface area contributed by atoms with E-state index in [-0.39, 0.29) is 22.0 Å². The van der Waals surface area contributed by atoms with Crippen LogP contribution in [0.2, 0.25) is 5.02 Å². The van der Waals surface area contributed by atoms with Gasteiger partial charge in [0.2, 0.25) is 0 Å². The van der Waals surface area contributed by atoms with E-state index in [2.05, 4.69) is 4.98 Å². The highest BCUT2D eigenvalue weighted by atomic mass is 35.5. The maximum Gasteiger partial charge on any atom is 0.292 e. The molecule has 0 aliphatic carbocycles. The quantitative estimate of drug-likeness (QED) is 0.472. The second kappa shape index (κ2) is 5.46. The van der Waals surface area contributed by atoms with E-state index in [0.717, 1.165) is 6.42 Å². The summed E-state index contributed by atoms with van der Waals surface area (Å²) >= 11 is 11.8. The number of aromatic nitrogens is 1. The predicted molar refractivity (Wildman–Crippen MR) is 64.2 cm³/mol. The molecule has 0 aromatic carbocycles. The smallest absolute Gasteiger partial charge is 0.258 e. The molecule has 6 heteroatoms. The lowest BCUT2D eigenvalue weighted by molar-refractivity contribution is -0.386. The van der Waals surface area contributed by atoms with Gasteiger partial charge in [-0.15, -0.1) is 11.6 Å². The first-order valence-electron chi connectivity index (χ1n) is 4.91. The number of hydrogen-bond donors (Lipinski definition) is 0. The van der Waals surface area contributed by atoms with Crippen molar-refractivity contribution in [2.75, 3.05) is 0 Å². The SMILES string of the molecule is CCC(Cl)C(C)c1ncc(Cl)cc1[N+](=O)[O-]. The summed E-state index contributed by atoms with van der Waals surface area (Å²) in [5, 5.41) is 10.9. The third kappa shape index (κ3) is 2.83. The maximum absolute atomic E-state index is 10.9. The van der Waals surface area contributed by atoms with Gasteiger partial charge in [0.1, 0.15) is 5.69 Å². The molecule has 1 aromatic heterocycles. The fraction of sp³-hybridized carbons (Fsp3) is 0.500. The average Bonchev–Trinajstić information content (AvgIpc) is 2.26. The molecule has 2 atom stereocenters. The zero-order valence-corrected chi connectivity index (χ0v) is 10.5. The molecule has 0 saturated heterocycles. The minimum absolute atomic E-state index is 0.0703. The summed E-state index contributed by atoms with van der Waals surface area (Å²) in [4.78, 5) is 14.4. The second-order valence-corrected chi connectivity index (χ2v) is 4.52. The summed E-state index contributed by atoms with van der Waals surface area (Å²) < 4.78 is 0. The maximum atomic E-state index is 10.9. The molecule has 0 radical (unpaired) electrons. The van der Waals surface area contributed by atoms with Crippen LogP contribution in [0.25, 0.3) is 0 Å². The van der Waals surface area contributed by atoms with Gasteiger partial charge in [0.25, 0.3) is 5.69 Å². The van der Waals surface area contributed by atoms with Crippen LogP contribution >= 0.6 is 23.2 Å². The molecule has 2 unspecified atom stereocenters. The number of nitrogens with zero attached hydrogens (tertiary/aromatic N) is 2. The van der Waals surface area contributed by atoms with Crippen LogP contribution in [0, 0.1) is 10.1 Å². The topological polar surface area (TPSA) is 56.0 Å². The number of hydrogen-bond acceptors (Lipinski definition) is 3. The highest BCUT2D eigenvalue weighted by Crippen LogP contribution is 2.31. The molecule has 0 saturated carbocycles. The zero-order chi connectivity index (χ0) is 12.3. The van der Waals surface area contributed by atoms with Crippen LogP contribution in [0.3, 0.4) is 0 Å². The molecule has 0 fully saturated rings. The van der Waals surface area contributed by atoms with Crippen molar-refractivity contribution < 1.29 is 4.92 Å². The first kappa shape index (κ1) is 13.2. The summed E-state index contributed by atoms with van der Waals surface area (Å²) in [5.74, 6) is -0.177. The van der Waals surface area contributed by atoms with Crippen molar-refractivity contribution >= 4 is 28.9 Å². The fourth-order valence-electron chi connectivity index (χ4n) is 1.46. The Balaban J connectivity index is 3.17. The molecule has 0 bridgehead atoms. The fourth-order valence-corrected chi connectivity index (χ4v) is 1.73. The zero-order valence-electron chi connectivity index (χ0n) is 8.98. The highest BCUT2D eigenvalue weighted by Gasteiger charge is 2.25. The average molecular weight is 263 g/mol. The Hall–Kier alpha value is -0.870. The number of alkyl halides is 1. The van der Waals surface area contributed by atoms with Crippen LogP contribution in [0.4, 0.5) is 5.69 Å². The van der Waals surface area contributed by atoms with E-state index < -0.39 is 4.92 Å². The lowest BCUT2D eigenvalue weighted by Gasteiger charge is -2.15. The second-order valence-electron chi connectivity index (χ2n) is 3.53. The van der Waals surface area contributed by atoms with Crippen molar-refractivity contribution in [1.82, 2.24) is 4.98 Å². The van der Waals surface area contributed by atoms with E-state index in [1.54, 1.807) is 0 Å². The Morgan fingerprint density at radius 1 is 1.62 bits per heavy atom. The molecular formula is C10H12Cl2N2O2. The van der Waals surface area contributed by atoms with Gasteiger partial charge in [-0.05, 0) is 6.42 Å². The third-order valence-corrected chi connectivity index (χ3v) is 3.32. The molecular weight excluding hydrogens is 251 g/mol. The molecule has 4 nitrogen and oxygen atoms in total. The van der Waals surface area contributed by atoms with Gasteiger partial charge >= 0.3 is 0 Å². The largest absolute Gasteiger partial charge is 0.292 e. The molecule has 0 N–H and O–H groups in total. The number of pyridine rings is 1. The van der Waals surface area contributed by atoms with Crippen LogP contribution in [-0.4, -0.2) is 15.3 Å². The van der Waals surface area contributed by atoms with Gasteiger partial charge < -0.3 is 0 Å². The van der Waals surface area contributed by atoms with Crippen molar-refractivity contribution in [2.24, 2.45) is 0 Å². The summed E-state index contributed by atoms with van der Waals surface area (Å²) in [7, 11) is 0. The lowest BCUT2D eigenvalue weighted by atomic mass is 10.00. The lowest BCUT2D eigenvalue weighted by Crippen LogP contribution is -2.12. The van der Waals surface area contributed by atoms with Crippen LogP contribution in [0.1, 0.15) is 31.9 Å². The Morgan fingerprint density at radius 2 is 2.25 bits per heavy atom. The Bertz CT molecular complexity index is 398. The highest BCUT2D eigenvalue weighted by molar-refractivity contribution is 6.30. The minimum Gasteiger partial charge on any atom is -0.258 e. The minimum atomic E-state index is -0.482. The van der Waals surface area contributed by atoms with Gasteiger partial charge in [-0.25, -0.2) is 0 Å². The number of nitro groups is 1. The van der Waals surface area contributed by atoms with Gasteiger partial charge in [0.05, 0.1) is 9.95 Å². The molecule has 1 rings (SSSR count). The van der Waals surface area contributed by atoms with Crippen molar-refractivity contribution in [1.29, 1.82) is 0 Å². The molecule has 1 heterocycles. The summed E-state index contributed by atoms with van der Waals surface area (Å²) in [6, 6.07) is 1.31. The summed E-state index contributed by atoms with van der Waals surface area (Å²) in [6.07, 6.45) is 2.13. The first-order valence-corrected chi connectivity index (χ1v) is 5.72. The van der Waals surface area contributed by atoms with E-state index in [4.69, 9.17) is 23.2 Å². The van der Waals surface area contributed by atoms with Crippen LogP contribution < -0.4 is 0 Å². The number of rotatable bonds is 4. The number of halogens is 2. The standard InChI is InChI=1S/C10H12Cl2N2O2/c1-3-8(12)6(2)10-9(14(15)16)4-7(11)5-13-10/h4-6,8H,3H2,1-2H3. The van der Waals surface area contributed by atoms with Crippen LogP contribution in [0.5, 0.6) is 0 Å². The molecule has 1 aromatic rings. The van der Waals surface area contributed by atoms with Gasteiger partial charge in [0, 0.05) is 23.6 Å². The van der Waals surface area contributed by atoms with Crippen molar-refractivity contribution in [2.45, 2.75) is 31.6 Å². The van der Waals surface area contributed by atoms with Crippen molar-refractivity contribution in [3.8, 4) is 0 Å². The summed E-state index contributed by atoms with van der Waals surface area (Å²) in [5.41, 5.74) is 0.315. The van der Waals surface area contributed by atoms with Crippen molar-refractivity contribution in [3.63, 3.8) is 0 Å². The Morgan fingerprint density at radius 3 is 2.75 bits per heavy atom. The van der Waals surface area contributed by atoms with Gasteiger partial charge in [-0.1, -0.05) is 25.4 Å². The molecule has 0 amide bonds. The Labute approximate surface area is 104 Å². The third-order valence-electron chi connectivity index (χ3n) is 2.42. The normalized spacial score (nSPS) is 14.5. The van der Waals surface area contributed by atoms with Gasteiger partial charge in [-0.3, -0.25) is 15.1 Å². The molecule has 0 spiro atoms. The van der Waals surface area contributed by atoms with E-state index in [0.29, 0.717) is 5.69 Å². The molecule has 0 aliphatic heterocycles. The summed E-state index contributed by atoms with van der Waals surface area (Å²) in [6.45, 7) is 3.75. The monoisotopic (exact) mass is 262 g/mol. The molecule has 88 valence electrons. The van der Waals surface area contributed by atoms with Crippen LogP contribution in [0.15, 0.2) is 12.3 Å². The molecule has 16 heavy (non-hydrogen) atoms. The van der Waals surface area contributed by atoms with Crippen LogP contribution in [-0.2, 0) is 0 Å². The van der Waals surface area contributed by atoms with E-state index in [1.807, 2.05) is 13.8 Å².